The van der Waals surface area contributed by atoms with Crippen molar-refractivity contribution in [2.75, 3.05) is 0 Å². The van der Waals surface area contributed by atoms with Crippen LogP contribution in [0, 0.1) is 0 Å². The van der Waals surface area contributed by atoms with Crippen molar-refractivity contribution in [3.8, 4) is 0 Å². The lowest BCUT2D eigenvalue weighted by Crippen LogP contribution is -2.51. The Morgan fingerprint density at radius 1 is 1.31 bits per heavy atom. The Balaban J connectivity index is 1.93. The van der Waals surface area contributed by atoms with Crippen LogP contribution in [0.25, 0.3) is 0 Å². The molecule has 0 aromatic heterocycles. The molecule has 1 aromatic carbocycles. The van der Waals surface area contributed by atoms with Gasteiger partial charge in [0, 0.05) is 12.1 Å². The summed E-state index contributed by atoms with van der Waals surface area (Å²) in [6, 6.07) is 10.5. The monoisotopic (exact) mass is 237 g/mol. The van der Waals surface area contributed by atoms with E-state index in [1.54, 1.807) is 0 Å². The molecule has 1 nitrogen and oxygen atoms in total. The molecule has 88 valence electrons. The molecule has 2 heteroatoms. The SMILES string of the molecule is CC1(NCc2ccccc2)CCCCC1Cl. The smallest absolute Gasteiger partial charge is 0.0515 e. The van der Waals surface area contributed by atoms with Crippen molar-refractivity contribution in [3.63, 3.8) is 0 Å². The van der Waals surface area contributed by atoms with Gasteiger partial charge in [-0.15, -0.1) is 11.6 Å². The zero-order chi connectivity index (χ0) is 11.4. The van der Waals surface area contributed by atoms with E-state index in [1.165, 1.54) is 24.8 Å². The molecule has 1 fully saturated rings. The maximum absolute atomic E-state index is 6.43. The van der Waals surface area contributed by atoms with Crippen LogP contribution in [0.5, 0.6) is 0 Å². The molecule has 2 atom stereocenters. The normalized spacial score (nSPS) is 30.2. The lowest BCUT2D eigenvalue weighted by atomic mass is 9.82. The Morgan fingerprint density at radius 3 is 2.75 bits per heavy atom. The van der Waals surface area contributed by atoms with Crippen molar-refractivity contribution in [3.05, 3.63) is 35.9 Å². The second kappa shape index (κ2) is 5.20. The van der Waals surface area contributed by atoms with E-state index in [1.807, 2.05) is 0 Å². The van der Waals surface area contributed by atoms with Crippen LogP contribution in [0.15, 0.2) is 30.3 Å². The third-order valence-corrected chi connectivity index (χ3v) is 4.33. The summed E-state index contributed by atoms with van der Waals surface area (Å²) in [6.45, 7) is 3.17. The van der Waals surface area contributed by atoms with Crippen LogP contribution in [0.3, 0.4) is 0 Å². The molecule has 0 spiro atoms. The zero-order valence-corrected chi connectivity index (χ0v) is 10.6. The highest BCUT2D eigenvalue weighted by Crippen LogP contribution is 2.32. The Morgan fingerprint density at radius 2 is 2.06 bits per heavy atom. The lowest BCUT2D eigenvalue weighted by Gasteiger charge is -2.39. The van der Waals surface area contributed by atoms with Crippen LogP contribution in [0.1, 0.15) is 38.2 Å². The van der Waals surface area contributed by atoms with Gasteiger partial charge in [0.25, 0.3) is 0 Å². The molecule has 0 aliphatic heterocycles. The quantitative estimate of drug-likeness (QED) is 0.791. The summed E-state index contributed by atoms with van der Waals surface area (Å²) >= 11 is 6.43. The van der Waals surface area contributed by atoms with E-state index < -0.39 is 0 Å². The van der Waals surface area contributed by atoms with Gasteiger partial charge >= 0.3 is 0 Å². The van der Waals surface area contributed by atoms with E-state index >= 15 is 0 Å². The molecule has 1 N–H and O–H groups in total. The van der Waals surface area contributed by atoms with Gasteiger partial charge < -0.3 is 5.32 Å². The molecular weight excluding hydrogens is 218 g/mol. The highest BCUT2D eigenvalue weighted by Gasteiger charge is 2.34. The van der Waals surface area contributed by atoms with Gasteiger partial charge in [0.15, 0.2) is 0 Å². The number of alkyl halides is 1. The molecule has 0 radical (unpaired) electrons. The van der Waals surface area contributed by atoms with Gasteiger partial charge in [0.05, 0.1) is 5.38 Å². The summed E-state index contributed by atoms with van der Waals surface area (Å²) < 4.78 is 0. The molecule has 2 unspecified atom stereocenters. The predicted octanol–water partition coefficient (Wildman–Crippen LogP) is 3.72. The first-order valence-corrected chi connectivity index (χ1v) is 6.57. The van der Waals surface area contributed by atoms with E-state index in [-0.39, 0.29) is 10.9 Å². The van der Waals surface area contributed by atoms with Gasteiger partial charge in [-0.2, -0.15) is 0 Å². The number of benzene rings is 1. The maximum atomic E-state index is 6.43. The first-order valence-electron chi connectivity index (χ1n) is 6.14. The van der Waals surface area contributed by atoms with Crippen LogP contribution in [0.2, 0.25) is 0 Å². The minimum atomic E-state index is 0.107. The Hall–Kier alpha value is -0.530. The first-order chi connectivity index (χ1) is 7.71. The summed E-state index contributed by atoms with van der Waals surface area (Å²) in [5.41, 5.74) is 1.44. The fourth-order valence-corrected chi connectivity index (χ4v) is 2.73. The summed E-state index contributed by atoms with van der Waals surface area (Å²) in [6.07, 6.45) is 4.89. The third kappa shape index (κ3) is 2.78. The van der Waals surface area contributed by atoms with Gasteiger partial charge in [-0.25, -0.2) is 0 Å². The van der Waals surface area contributed by atoms with Crippen molar-refractivity contribution in [2.24, 2.45) is 0 Å². The van der Waals surface area contributed by atoms with Crippen molar-refractivity contribution in [1.29, 1.82) is 0 Å². The van der Waals surface area contributed by atoms with Crippen molar-refractivity contribution < 1.29 is 0 Å². The lowest BCUT2D eigenvalue weighted by molar-refractivity contribution is 0.258. The standard InChI is InChI=1S/C14H20ClN/c1-14(10-6-5-9-13(14)15)16-11-12-7-3-2-4-8-12/h2-4,7-8,13,16H,5-6,9-11H2,1H3. The van der Waals surface area contributed by atoms with E-state index in [0.29, 0.717) is 0 Å². The summed E-state index contributed by atoms with van der Waals surface area (Å²) in [5.74, 6) is 0. The molecule has 16 heavy (non-hydrogen) atoms. The van der Waals surface area contributed by atoms with E-state index in [9.17, 15) is 0 Å². The minimum Gasteiger partial charge on any atom is -0.306 e. The summed E-state index contributed by atoms with van der Waals surface area (Å²) in [4.78, 5) is 0. The van der Waals surface area contributed by atoms with E-state index in [0.717, 1.165) is 13.0 Å². The Kier molecular flexibility index (Phi) is 3.88. The van der Waals surface area contributed by atoms with E-state index in [2.05, 4.69) is 42.6 Å². The molecule has 0 saturated heterocycles. The van der Waals surface area contributed by atoms with Crippen LogP contribution < -0.4 is 5.32 Å². The number of nitrogens with one attached hydrogen (secondary N) is 1. The number of halogens is 1. The van der Waals surface area contributed by atoms with Crippen molar-refractivity contribution in [2.45, 2.75) is 50.1 Å². The van der Waals surface area contributed by atoms with Crippen LogP contribution >= 0.6 is 11.6 Å². The minimum absolute atomic E-state index is 0.107. The molecular formula is C14H20ClN. The Labute approximate surface area is 103 Å². The summed E-state index contributed by atoms with van der Waals surface area (Å²) in [5, 5.41) is 3.90. The Bertz CT molecular complexity index is 325. The molecule has 1 aliphatic carbocycles. The first kappa shape index (κ1) is 11.9. The van der Waals surface area contributed by atoms with Crippen LogP contribution in [0.4, 0.5) is 0 Å². The average Bonchev–Trinajstić information content (AvgIpc) is 2.32. The third-order valence-electron chi connectivity index (χ3n) is 3.63. The average molecular weight is 238 g/mol. The molecule has 0 bridgehead atoms. The second-order valence-electron chi connectivity index (χ2n) is 4.97. The maximum Gasteiger partial charge on any atom is 0.0515 e. The van der Waals surface area contributed by atoms with Crippen LogP contribution in [-0.2, 0) is 6.54 Å². The number of hydrogen-bond donors (Lipinski definition) is 1. The van der Waals surface area contributed by atoms with Crippen molar-refractivity contribution >= 4 is 11.6 Å². The highest BCUT2D eigenvalue weighted by atomic mass is 35.5. The van der Waals surface area contributed by atoms with Gasteiger partial charge in [0.1, 0.15) is 0 Å². The second-order valence-corrected chi connectivity index (χ2v) is 5.50. The fraction of sp³-hybridized carbons (Fsp3) is 0.571. The molecule has 1 aliphatic rings. The van der Waals surface area contributed by atoms with Gasteiger partial charge in [-0.05, 0) is 25.3 Å². The molecule has 1 saturated carbocycles. The summed E-state index contributed by atoms with van der Waals surface area (Å²) in [7, 11) is 0. The molecule has 2 rings (SSSR count). The van der Waals surface area contributed by atoms with Crippen LogP contribution in [-0.4, -0.2) is 10.9 Å². The zero-order valence-electron chi connectivity index (χ0n) is 9.88. The van der Waals surface area contributed by atoms with Gasteiger partial charge in [-0.3, -0.25) is 0 Å². The number of hydrogen-bond acceptors (Lipinski definition) is 1. The van der Waals surface area contributed by atoms with Gasteiger partial charge in [0.2, 0.25) is 0 Å². The topological polar surface area (TPSA) is 12.0 Å². The predicted molar refractivity (Wildman–Crippen MR) is 69.8 cm³/mol. The molecule has 1 aromatic rings. The fourth-order valence-electron chi connectivity index (χ4n) is 2.39. The number of rotatable bonds is 3. The highest BCUT2D eigenvalue weighted by molar-refractivity contribution is 6.21. The largest absolute Gasteiger partial charge is 0.306 e. The van der Waals surface area contributed by atoms with E-state index in [4.69, 9.17) is 11.6 Å². The van der Waals surface area contributed by atoms with Gasteiger partial charge in [-0.1, -0.05) is 43.2 Å². The van der Waals surface area contributed by atoms with Crippen molar-refractivity contribution in [1.82, 2.24) is 5.32 Å². The molecule has 0 heterocycles. The molecule has 0 amide bonds.